The molecular weight excluding hydrogens is 330 g/mol. The van der Waals surface area contributed by atoms with E-state index in [0.29, 0.717) is 18.8 Å². The lowest BCUT2D eigenvalue weighted by Gasteiger charge is -2.23. The normalized spacial score (nSPS) is 11.6. The zero-order valence-corrected chi connectivity index (χ0v) is 15.8. The van der Waals surface area contributed by atoms with Gasteiger partial charge in [-0.25, -0.2) is 13.1 Å². The van der Waals surface area contributed by atoms with E-state index in [1.54, 1.807) is 23.1 Å². The first kappa shape index (κ1) is 20.4. The van der Waals surface area contributed by atoms with E-state index in [1.165, 1.54) is 14.0 Å². The molecule has 0 bridgehead atoms. The van der Waals surface area contributed by atoms with Gasteiger partial charge in [0, 0.05) is 33.1 Å². The van der Waals surface area contributed by atoms with Crippen molar-refractivity contribution < 1.29 is 17.9 Å². The van der Waals surface area contributed by atoms with Gasteiger partial charge in [0.1, 0.15) is 10.6 Å². The van der Waals surface area contributed by atoms with Gasteiger partial charge in [0.25, 0.3) is 0 Å². The predicted octanol–water partition coefficient (Wildman–Crippen LogP) is 0.692. The molecule has 1 aromatic rings. The van der Waals surface area contributed by atoms with Gasteiger partial charge in [-0.3, -0.25) is 4.79 Å². The number of amides is 1. The van der Waals surface area contributed by atoms with Crippen LogP contribution < -0.4 is 9.46 Å². The highest BCUT2D eigenvalue weighted by atomic mass is 32.2. The summed E-state index contributed by atoms with van der Waals surface area (Å²) in [6.45, 7) is 5.03. The van der Waals surface area contributed by atoms with E-state index in [-0.39, 0.29) is 17.3 Å². The fourth-order valence-electron chi connectivity index (χ4n) is 2.13. The lowest BCUT2D eigenvalue weighted by molar-refractivity contribution is -0.128. The Hall–Kier alpha value is -1.64. The average Bonchev–Trinajstić information content (AvgIpc) is 2.49. The number of rotatable bonds is 9. The third-order valence-corrected chi connectivity index (χ3v) is 5.03. The summed E-state index contributed by atoms with van der Waals surface area (Å²) in [5.41, 5.74) is 0.826. The van der Waals surface area contributed by atoms with E-state index in [2.05, 4.69) is 4.72 Å². The molecule has 1 N–H and O–H groups in total. The smallest absolute Gasteiger partial charge is 0.244 e. The molecule has 1 rings (SSSR count). The molecule has 8 heteroatoms. The lowest BCUT2D eigenvalue weighted by atomic mass is 10.2. The minimum atomic E-state index is -3.70. The van der Waals surface area contributed by atoms with Gasteiger partial charge >= 0.3 is 0 Å². The van der Waals surface area contributed by atoms with Crippen LogP contribution in [-0.2, 0) is 14.8 Å². The fraction of sp³-hybridized carbons (Fsp3) is 0.562. The molecule has 0 spiro atoms. The van der Waals surface area contributed by atoms with Gasteiger partial charge in [0.15, 0.2) is 0 Å². The van der Waals surface area contributed by atoms with Crippen molar-refractivity contribution >= 4 is 15.9 Å². The van der Waals surface area contributed by atoms with Gasteiger partial charge in [0.05, 0.1) is 7.11 Å². The maximum Gasteiger partial charge on any atom is 0.244 e. The van der Waals surface area contributed by atoms with Gasteiger partial charge in [0.2, 0.25) is 15.9 Å². The van der Waals surface area contributed by atoms with Gasteiger partial charge in [-0.05, 0) is 38.7 Å². The van der Waals surface area contributed by atoms with Crippen molar-refractivity contribution in [1.29, 1.82) is 0 Å². The Bertz CT molecular complexity index is 659. The van der Waals surface area contributed by atoms with E-state index >= 15 is 0 Å². The summed E-state index contributed by atoms with van der Waals surface area (Å²) in [6.07, 6.45) is 0. The van der Waals surface area contributed by atoms with Crippen LogP contribution in [0.5, 0.6) is 5.75 Å². The number of carbonyl (C=O) groups excluding carboxylic acids is 1. The number of benzene rings is 1. The van der Waals surface area contributed by atoms with E-state index in [1.807, 2.05) is 25.9 Å². The van der Waals surface area contributed by atoms with Crippen LogP contribution in [0.15, 0.2) is 23.1 Å². The molecule has 0 heterocycles. The number of nitrogens with zero attached hydrogens (tertiary/aromatic N) is 2. The largest absolute Gasteiger partial charge is 0.495 e. The first-order chi connectivity index (χ1) is 11.2. The summed E-state index contributed by atoms with van der Waals surface area (Å²) in [5, 5.41) is 0. The Labute approximate surface area is 144 Å². The summed E-state index contributed by atoms with van der Waals surface area (Å²) in [6, 6.07) is 4.98. The number of nitrogens with one attached hydrogen (secondary N) is 1. The van der Waals surface area contributed by atoms with Gasteiger partial charge in [-0.15, -0.1) is 0 Å². The van der Waals surface area contributed by atoms with Crippen LogP contribution in [0.1, 0.15) is 12.5 Å². The number of hydrogen-bond acceptors (Lipinski definition) is 5. The molecule has 0 unspecified atom stereocenters. The monoisotopic (exact) mass is 357 g/mol. The number of methoxy groups -OCH3 is 1. The van der Waals surface area contributed by atoms with Crippen LogP contribution in [0.2, 0.25) is 0 Å². The van der Waals surface area contributed by atoms with Crippen LogP contribution in [0.4, 0.5) is 0 Å². The maximum atomic E-state index is 12.5. The molecule has 0 saturated heterocycles. The second kappa shape index (κ2) is 9.00. The van der Waals surface area contributed by atoms with Gasteiger partial charge in [-0.1, -0.05) is 6.07 Å². The van der Waals surface area contributed by atoms with Crippen molar-refractivity contribution in [3.05, 3.63) is 23.8 Å². The van der Waals surface area contributed by atoms with Crippen LogP contribution in [0.3, 0.4) is 0 Å². The Morgan fingerprint density at radius 3 is 2.42 bits per heavy atom. The van der Waals surface area contributed by atoms with Gasteiger partial charge < -0.3 is 14.5 Å². The number of ether oxygens (including phenoxy) is 1. The van der Waals surface area contributed by atoms with Crippen molar-refractivity contribution in [3.63, 3.8) is 0 Å². The second-order valence-corrected chi connectivity index (χ2v) is 7.60. The van der Waals surface area contributed by atoms with Crippen LogP contribution in [0.25, 0.3) is 0 Å². The highest BCUT2D eigenvalue weighted by Gasteiger charge is 2.20. The van der Waals surface area contributed by atoms with E-state index < -0.39 is 10.0 Å². The van der Waals surface area contributed by atoms with Crippen molar-refractivity contribution in [2.75, 3.05) is 47.4 Å². The molecular formula is C16H27N3O4S. The Balaban J connectivity index is 2.74. The summed E-state index contributed by atoms with van der Waals surface area (Å²) in [5.74, 6) is 0.216. The second-order valence-electron chi connectivity index (χ2n) is 5.86. The minimum Gasteiger partial charge on any atom is -0.495 e. The number of hydrogen-bond donors (Lipinski definition) is 1. The number of aryl methyl sites for hydroxylation is 1. The molecule has 1 aromatic carbocycles. The zero-order valence-electron chi connectivity index (χ0n) is 15.0. The number of sulfonamides is 1. The molecule has 0 radical (unpaired) electrons. The molecule has 0 aliphatic carbocycles. The topological polar surface area (TPSA) is 79.0 Å². The molecule has 136 valence electrons. The van der Waals surface area contributed by atoms with E-state index in [9.17, 15) is 13.2 Å². The first-order valence-electron chi connectivity index (χ1n) is 7.72. The zero-order chi connectivity index (χ0) is 18.3. The van der Waals surface area contributed by atoms with Crippen LogP contribution in [0, 0.1) is 6.92 Å². The molecule has 0 atom stereocenters. The van der Waals surface area contributed by atoms with Crippen molar-refractivity contribution in [2.45, 2.75) is 18.7 Å². The third-order valence-electron chi connectivity index (χ3n) is 3.54. The highest BCUT2D eigenvalue weighted by Crippen LogP contribution is 2.24. The van der Waals surface area contributed by atoms with E-state index in [0.717, 1.165) is 12.1 Å². The third kappa shape index (κ3) is 6.10. The summed E-state index contributed by atoms with van der Waals surface area (Å²) >= 11 is 0. The Morgan fingerprint density at radius 1 is 1.21 bits per heavy atom. The standard InChI is InChI=1S/C16H27N3O4S/c1-13-6-7-15(23-5)16(12-13)24(21,22)17-8-9-19(14(2)20)11-10-18(3)4/h6-7,12,17H,8-11H2,1-5H3. The number of likely N-dealkylation sites (N-methyl/N-ethyl adjacent to an activating group) is 1. The SMILES string of the molecule is COc1ccc(C)cc1S(=O)(=O)NCCN(CCN(C)C)C(C)=O. The number of carbonyl (C=O) groups is 1. The lowest BCUT2D eigenvalue weighted by Crippen LogP contribution is -2.40. The maximum absolute atomic E-state index is 12.5. The predicted molar refractivity (Wildman–Crippen MR) is 93.7 cm³/mol. The van der Waals surface area contributed by atoms with Crippen molar-refractivity contribution in [1.82, 2.24) is 14.5 Å². The fourth-order valence-corrected chi connectivity index (χ4v) is 3.41. The summed E-state index contributed by atoms with van der Waals surface area (Å²) < 4.78 is 32.6. The molecule has 0 aliphatic heterocycles. The molecule has 0 aromatic heterocycles. The summed E-state index contributed by atoms with van der Waals surface area (Å²) in [7, 11) is 1.57. The van der Waals surface area contributed by atoms with Crippen LogP contribution in [-0.4, -0.2) is 71.5 Å². The molecule has 0 fully saturated rings. The molecule has 7 nitrogen and oxygen atoms in total. The van der Waals surface area contributed by atoms with Crippen molar-refractivity contribution in [3.8, 4) is 5.75 Å². The van der Waals surface area contributed by atoms with Crippen LogP contribution >= 0.6 is 0 Å². The summed E-state index contributed by atoms with van der Waals surface area (Å²) in [4.78, 5) is 15.3. The van der Waals surface area contributed by atoms with Crippen molar-refractivity contribution in [2.24, 2.45) is 0 Å². The first-order valence-corrected chi connectivity index (χ1v) is 9.20. The van der Waals surface area contributed by atoms with E-state index in [4.69, 9.17) is 4.74 Å². The molecule has 0 saturated carbocycles. The molecule has 0 aliphatic rings. The Kier molecular flexibility index (Phi) is 7.65. The quantitative estimate of drug-likeness (QED) is 0.704. The average molecular weight is 357 g/mol. The molecule has 1 amide bonds. The minimum absolute atomic E-state index is 0.0795. The highest BCUT2D eigenvalue weighted by molar-refractivity contribution is 7.89. The van der Waals surface area contributed by atoms with Gasteiger partial charge in [-0.2, -0.15) is 0 Å². The molecule has 24 heavy (non-hydrogen) atoms. The Morgan fingerprint density at radius 2 is 1.88 bits per heavy atom.